The van der Waals surface area contributed by atoms with Crippen LogP contribution < -0.4 is 9.80 Å². The molecule has 24 heavy (non-hydrogen) atoms. The summed E-state index contributed by atoms with van der Waals surface area (Å²) in [5.41, 5.74) is 3.93. The van der Waals surface area contributed by atoms with Crippen LogP contribution in [-0.2, 0) is 9.59 Å². The standard InChI is InChI=1S/C20H22N2O2/c1-14-11-15(2)13-17(12-14)22-10-9-18(20(22)24)19(23)21(3)16-7-5-4-6-8-16/h4-8,11-13,18H,9-10H2,1-3H3. The highest BCUT2D eigenvalue weighted by atomic mass is 16.2. The normalized spacial score (nSPS) is 17.2. The van der Waals surface area contributed by atoms with Crippen molar-refractivity contribution >= 4 is 23.2 Å². The summed E-state index contributed by atoms with van der Waals surface area (Å²) in [4.78, 5) is 28.8. The summed E-state index contributed by atoms with van der Waals surface area (Å²) in [7, 11) is 1.73. The number of carbonyl (C=O) groups excluding carboxylic acids is 2. The fourth-order valence-electron chi connectivity index (χ4n) is 3.28. The van der Waals surface area contributed by atoms with Crippen LogP contribution in [0.5, 0.6) is 0 Å². The van der Waals surface area contributed by atoms with E-state index < -0.39 is 5.92 Å². The number of nitrogens with zero attached hydrogens (tertiary/aromatic N) is 2. The molecule has 0 aliphatic carbocycles. The lowest BCUT2D eigenvalue weighted by molar-refractivity contribution is -0.130. The van der Waals surface area contributed by atoms with Crippen molar-refractivity contribution < 1.29 is 9.59 Å². The zero-order valence-electron chi connectivity index (χ0n) is 14.3. The lowest BCUT2D eigenvalue weighted by Crippen LogP contribution is -2.38. The molecule has 1 aliphatic heterocycles. The van der Waals surface area contributed by atoms with Gasteiger partial charge >= 0.3 is 0 Å². The van der Waals surface area contributed by atoms with Crippen molar-refractivity contribution in [3.63, 3.8) is 0 Å². The Morgan fingerprint density at radius 3 is 2.33 bits per heavy atom. The van der Waals surface area contributed by atoms with Crippen LogP contribution in [0.1, 0.15) is 17.5 Å². The van der Waals surface area contributed by atoms with Crippen molar-refractivity contribution in [1.29, 1.82) is 0 Å². The summed E-state index contributed by atoms with van der Waals surface area (Å²) >= 11 is 0. The first-order valence-electron chi connectivity index (χ1n) is 8.19. The van der Waals surface area contributed by atoms with Gasteiger partial charge < -0.3 is 9.80 Å². The van der Waals surface area contributed by atoms with Gasteiger partial charge in [-0.2, -0.15) is 0 Å². The van der Waals surface area contributed by atoms with E-state index in [0.717, 1.165) is 22.5 Å². The molecule has 1 atom stereocenters. The zero-order valence-corrected chi connectivity index (χ0v) is 14.3. The summed E-state index contributed by atoms with van der Waals surface area (Å²) in [5, 5.41) is 0. The zero-order chi connectivity index (χ0) is 17.3. The number of hydrogen-bond acceptors (Lipinski definition) is 2. The molecule has 1 heterocycles. The SMILES string of the molecule is Cc1cc(C)cc(N2CCC(C(=O)N(C)c3ccccc3)C2=O)c1. The van der Waals surface area contributed by atoms with Crippen LogP contribution in [0.25, 0.3) is 0 Å². The van der Waals surface area contributed by atoms with Gasteiger partial charge in [0.1, 0.15) is 5.92 Å². The molecule has 3 rings (SSSR count). The van der Waals surface area contributed by atoms with Crippen molar-refractivity contribution in [2.75, 3.05) is 23.4 Å². The van der Waals surface area contributed by atoms with Crippen molar-refractivity contribution in [1.82, 2.24) is 0 Å². The predicted octanol–water partition coefficient (Wildman–Crippen LogP) is 3.32. The van der Waals surface area contributed by atoms with Gasteiger partial charge in [-0.15, -0.1) is 0 Å². The van der Waals surface area contributed by atoms with Crippen molar-refractivity contribution in [3.8, 4) is 0 Å². The van der Waals surface area contributed by atoms with Gasteiger partial charge in [-0.05, 0) is 55.7 Å². The second-order valence-electron chi connectivity index (χ2n) is 6.41. The average molecular weight is 322 g/mol. The Labute approximate surface area is 142 Å². The molecule has 4 heteroatoms. The molecule has 2 aromatic rings. The van der Waals surface area contributed by atoms with E-state index in [-0.39, 0.29) is 11.8 Å². The summed E-state index contributed by atoms with van der Waals surface area (Å²) < 4.78 is 0. The van der Waals surface area contributed by atoms with Crippen LogP contribution in [0.2, 0.25) is 0 Å². The third kappa shape index (κ3) is 3.04. The first-order chi connectivity index (χ1) is 11.5. The highest BCUT2D eigenvalue weighted by molar-refractivity contribution is 6.14. The second-order valence-corrected chi connectivity index (χ2v) is 6.41. The van der Waals surface area contributed by atoms with Crippen LogP contribution in [0.4, 0.5) is 11.4 Å². The van der Waals surface area contributed by atoms with Crippen LogP contribution in [0.15, 0.2) is 48.5 Å². The number of aryl methyl sites for hydroxylation is 2. The quantitative estimate of drug-likeness (QED) is 0.813. The smallest absolute Gasteiger partial charge is 0.239 e. The minimum Gasteiger partial charge on any atom is -0.315 e. The van der Waals surface area contributed by atoms with Gasteiger partial charge in [0.05, 0.1) is 0 Å². The summed E-state index contributed by atoms with van der Waals surface area (Å²) in [6, 6.07) is 15.5. The number of carbonyl (C=O) groups is 2. The van der Waals surface area contributed by atoms with Crippen molar-refractivity contribution in [3.05, 3.63) is 59.7 Å². The molecule has 0 radical (unpaired) electrons. The molecular formula is C20H22N2O2. The summed E-state index contributed by atoms with van der Waals surface area (Å²) in [5.74, 6) is -0.845. The Hall–Kier alpha value is -2.62. The van der Waals surface area contributed by atoms with Crippen molar-refractivity contribution in [2.24, 2.45) is 5.92 Å². The predicted molar refractivity (Wildman–Crippen MR) is 96.2 cm³/mol. The molecule has 0 N–H and O–H groups in total. The molecule has 1 aliphatic rings. The van der Waals surface area contributed by atoms with Gasteiger partial charge in [0.15, 0.2) is 0 Å². The fourth-order valence-corrected chi connectivity index (χ4v) is 3.28. The Morgan fingerprint density at radius 2 is 1.71 bits per heavy atom. The Kier molecular flexibility index (Phi) is 4.38. The molecule has 0 aromatic heterocycles. The average Bonchev–Trinajstić information content (AvgIpc) is 2.95. The van der Waals surface area contributed by atoms with Gasteiger partial charge in [0.2, 0.25) is 11.8 Å². The molecule has 0 bridgehead atoms. The summed E-state index contributed by atoms with van der Waals surface area (Å²) in [6.07, 6.45) is 0.557. The maximum Gasteiger partial charge on any atom is 0.239 e. The molecule has 1 unspecified atom stereocenters. The second kappa shape index (κ2) is 6.48. The maximum atomic E-state index is 12.8. The largest absolute Gasteiger partial charge is 0.315 e. The molecule has 2 amide bonds. The molecule has 2 aromatic carbocycles. The minimum atomic E-state index is -0.601. The lowest BCUT2D eigenvalue weighted by Gasteiger charge is -2.21. The van der Waals surface area contributed by atoms with Gasteiger partial charge in [-0.1, -0.05) is 24.3 Å². The van der Waals surface area contributed by atoms with Gasteiger partial charge in [-0.25, -0.2) is 0 Å². The number of para-hydroxylation sites is 1. The van der Waals surface area contributed by atoms with E-state index in [0.29, 0.717) is 13.0 Å². The van der Waals surface area contributed by atoms with Gasteiger partial charge in [0, 0.05) is 25.0 Å². The molecule has 4 nitrogen and oxygen atoms in total. The Morgan fingerprint density at radius 1 is 1.08 bits per heavy atom. The number of rotatable bonds is 3. The highest BCUT2D eigenvalue weighted by Crippen LogP contribution is 2.29. The maximum absolute atomic E-state index is 12.8. The van der Waals surface area contributed by atoms with E-state index >= 15 is 0 Å². The fraction of sp³-hybridized carbons (Fsp3) is 0.300. The van der Waals surface area contributed by atoms with Crippen molar-refractivity contribution in [2.45, 2.75) is 20.3 Å². The molecule has 0 spiro atoms. The van der Waals surface area contributed by atoms with E-state index in [9.17, 15) is 9.59 Å². The van der Waals surface area contributed by atoms with Crippen LogP contribution in [-0.4, -0.2) is 25.4 Å². The van der Waals surface area contributed by atoms with Gasteiger partial charge in [0.25, 0.3) is 0 Å². The number of anilines is 2. The van der Waals surface area contributed by atoms with Gasteiger partial charge in [-0.3, -0.25) is 9.59 Å². The lowest BCUT2D eigenvalue weighted by atomic mass is 10.1. The van der Waals surface area contributed by atoms with E-state index in [1.165, 1.54) is 0 Å². The van der Waals surface area contributed by atoms with Crippen LogP contribution in [0.3, 0.4) is 0 Å². The first-order valence-corrected chi connectivity index (χ1v) is 8.19. The van der Waals surface area contributed by atoms with E-state index in [2.05, 4.69) is 6.07 Å². The van der Waals surface area contributed by atoms with E-state index in [1.807, 2.05) is 56.3 Å². The molecular weight excluding hydrogens is 300 g/mol. The third-order valence-electron chi connectivity index (χ3n) is 4.50. The molecule has 1 fully saturated rings. The Bertz CT molecular complexity index is 750. The summed E-state index contributed by atoms with van der Waals surface area (Å²) in [6.45, 7) is 4.62. The molecule has 0 saturated carbocycles. The monoisotopic (exact) mass is 322 g/mol. The number of benzene rings is 2. The highest BCUT2D eigenvalue weighted by Gasteiger charge is 2.39. The third-order valence-corrected chi connectivity index (χ3v) is 4.50. The van der Waals surface area contributed by atoms with Crippen LogP contribution >= 0.6 is 0 Å². The number of hydrogen-bond donors (Lipinski definition) is 0. The van der Waals surface area contributed by atoms with E-state index in [1.54, 1.807) is 16.8 Å². The first kappa shape index (κ1) is 16.2. The van der Waals surface area contributed by atoms with Crippen LogP contribution in [0, 0.1) is 19.8 Å². The number of amides is 2. The Balaban J connectivity index is 1.80. The topological polar surface area (TPSA) is 40.6 Å². The molecule has 124 valence electrons. The minimum absolute atomic E-state index is 0.104. The molecule has 1 saturated heterocycles. The van der Waals surface area contributed by atoms with E-state index in [4.69, 9.17) is 0 Å².